The molecule has 0 radical (unpaired) electrons. The first-order valence-corrected chi connectivity index (χ1v) is 12.4. The monoisotopic (exact) mass is 438 g/mol. The van der Waals surface area contributed by atoms with Crippen molar-refractivity contribution in [1.29, 1.82) is 0 Å². The average Bonchev–Trinajstić information content (AvgIpc) is 3.27. The Kier molecular flexibility index (Phi) is 6.43. The molecule has 10 heteroatoms. The zero-order valence-electron chi connectivity index (χ0n) is 16.3. The van der Waals surface area contributed by atoms with Crippen molar-refractivity contribution in [3.8, 4) is 0 Å². The number of thioether (sulfide) groups is 1. The highest BCUT2D eigenvalue weighted by Crippen LogP contribution is 2.28. The molecule has 1 N–H and O–H groups in total. The zero-order valence-corrected chi connectivity index (χ0v) is 17.9. The SMILES string of the molecule is O=C(NC1=NCCS1)c1cc(S(=O)(=O)N2CCCCC2)ccc1N1CCOCC1. The van der Waals surface area contributed by atoms with Crippen LogP contribution in [0.4, 0.5) is 5.69 Å². The first kappa shape index (κ1) is 20.6. The smallest absolute Gasteiger partial charge is 0.259 e. The van der Waals surface area contributed by atoms with Crippen molar-refractivity contribution < 1.29 is 17.9 Å². The van der Waals surface area contributed by atoms with Crippen LogP contribution in [0.3, 0.4) is 0 Å². The Labute approximate surface area is 175 Å². The highest BCUT2D eigenvalue weighted by molar-refractivity contribution is 8.14. The van der Waals surface area contributed by atoms with E-state index in [1.807, 2.05) is 0 Å². The lowest BCUT2D eigenvalue weighted by molar-refractivity contribution is 0.0976. The molecule has 0 atom stereocenters. The molecule has 2 fully saturated rings. The van der Waals surface area contributed by atoms with E-state index in [-0.39, 0.29) is 10.8 Å². The molecule has 3 aliphatic heterocycles. The molecule has 8 nitrogen and oxygen atoms in total. The number of hydrogen-bond donors (Lipinski definition) is 1. The van der Waals surface area contributed by atoms with Crippen LogP contribution >= 0.6 is 11.8 Å². The molecule has 3 aliphatic rings. The number of anilines is 1. The van der Waals surface area contributed by atoms with Crippen LogP contribution < -0.4 is 10.2 Å². The topological polar surface area (TPSA) is 91.3 Å². The number of morpholine rings is 1. The van der Waals surface area contributed by atoms with Crippen LogP contribution in [0.25, 0.3) is 0 Å². The summed E-state index contributed by atoms with van der Waals surface area (Å²) in [5, 5.41) is 3.43. The molecular weight excluding hydrogens is 412 g/mol. The van der Waals surface area contributed by atoms with Crippen LogP contribution in [0, 0.1) is 0 Å². The number of carbonyl (C=O) groups excluding carboxylic acids is 1. The third kappa shape index (κ3) is 4.60. The molecule has 0 bridgehead atoms. The van der Waals surface area contributed by atoms with Gasteiger partial charge in [-0.05, 0) is 31.0 Å². The van der Waals surface area contributed by atoms with Crippen molar-refractivity contribution in [3.05, 3.63) is 23.8 Å². The van der Waals surface area contributed by atoms with Gasteiger partial charge in [0.15, 0.2) is 5.17 Å². The van der Waals surface area contributed by atoms with E-state index in [4.69, 9.17) is 4.74 Å². The van der Waals surface area contributed by atoms with Gasteiger partial charge in [0.25, 0.3) is 5.91 Å². The number of piperidine rings is 1. The fraction of sp³-hybridized carbons (Fsp3) is 0.579. The predicted molar refractivity (Wildman–Crippen MR) is 114 cm³/mol. The van der Waals surface area contributed by atoms with Gasteiger partial charge in [-0.15, -0.1) is 0 Å². The van der Waals surface area contributed by atoms with Gasteiger partial charge in [0.2, 0.25) is 10.0 Å². The van der Waals surface area contributed by atoms with Gasteiger partial charge < -0.3 is 15.0 Å². The molecule has 1 aromatic rings. The van der Waals surface area contributed by atoms with E-state index >= 15 is 0 Å². The third-order valence-corrected chi connectivity index (χ3v) is 8.11. The minimum absolute atomic E-state index is 0.169. The molecule has 4 rings (SSSR count). The number of amides is 1. The number of rotatable bonds is 4. The summed E-state index contributed by atoms with van der Waals surface area (Å²) in [5.74, 6) is 0.519. The van der Waals surface area contributed by atoms with Gasteiger partial charge in [0, 0.05) is 37.6 Å². The predicted octanol–water partition coefficient (Wildman–Crippen LogP) is 1.53. The highest BCUT2D eigenvalue weighted by atomic mass is 32.2. The largest absolute Gasteiger partial charge is 0.378 e. The number of benzene rings is 1. The lowest BCUT2D eigenvalue weighted by atomic mass is 10.1. The van der Waals surface area contributed by atoms with Crippen LogP contribution in [0.2, 0.25) is 0 Å². The zero-order chi connectivity index (χ0) is 20.3. The molecule has 2 saturated heterocycles. The summed E-state index contributed by atoms with van der Waals surface area (Å²) in [6.45, 7) is 4.22. The van der Waals surface area contributed by atoms with E-state index in [9.17, 15) is 13.2 Å². The second-order valence-corrected chi connectivity index (χ2v) is 10.3. The van der Waals surface area contributed by atoms with E-state index < -0.39 is 10.0 Å². The van der Waals surface area contributed by atoms with Crippen LogP contribution in [0.15, 0.2) is 28.1 Å². The van der Waals surface area contributed by atoms with E-state index in [0.29, 0.717) is 56.7 Å². The van der Waals surface area contributed by atoms with Gasteiger partial charge in [0.1, 0.15) is 0 Å². The molecule has 0 aliphatic carbocycles. The van der Waals surface area contributed by atoms with Gasteiger partial charge in [-0.25, -0.2) is 8.42 Å². The fourth-order valence-electron chi connectivity index (χ4n) is 3.77. The Balaban J connectivity index is 1.67. The maximum atomic E-state index is 13.1. The number of amidine groups is 1. The number of hydrogen-bond acceptors (Lipinski definition) is 7. The van der Waals surface area contributed by atoms with Gasteiger partial charge >= 0.3 is 0 Å². The number of carbonyl (C=O) groups is 1. The van der Waals surface area contributed by atoms with Crippen LogP contribution in [0.1, 0.15) is 29.6 Å². The lowest BCUT2D eigenvalue weighted by Gasteiger charge is -2.31. The lowest BCUT2D eigenvalue weighted by Crippen LogP contribution is -2.39. The Morgan fingerprint density at radius 2 is 1.86 bits per heavy atom. The Morgan fingerprint density at radius 3 is 2.55 bits per heavy atom. The van der Waals surface area contributed by atoms with Crippen molar-refractivity contribution in [1.82, 2.24) is 9.62 Å². The summed E-state index contributed by atoms with van der Waals surface area (Å²) in [6.07, 6.45) is 2.79. The van der Waals surface area contributed by atoms with Gasteiger partial charge in [-0.2, -0.15) is 4.31 Å². The number of nitrogens with one attached hydrogen (secondary N) is 1. The Bertz CT molecular complexity index is 891. The van der Waals surface area contributed by atoms with Crippen LogP contribution in [-0.2, 0) is 14.8 Å². The quantitative estimate of drug-likeness (QED) is 0.767. The molecular formula is C19H26N4O4S2. The standard InChI is InChI=1S/C19H26N4O4S2/c24-18(21-19-20-6-13-28-19)16-14-15(29(25,26)23-7-2-1-3-8-23)4-5-17(16)22-9-11-27-12-10-22/h4-5,14H,1-3,6-13H2,(H,20,21,24). The van der Waals surface area contributed by atoms with E-state index in [1.165, 1.54) is 22.1 Å². The van der Waals surface area contributed by atoms with E-state index in [2.05, 4.69) is 15.2 Å². The van der Waals surface area contributed by atoms with Crippen molar-refractivity contribution in [3.63, 3.8) is 0 Å². The third-order valence-electron chi connectivity index (χ3n) is 5.32. The minimum Gasteiger partial charge on any atom is -0.378 e. The summed E-state index contributed by atoms with van der Waals surface area (Å²) in [4.78, 5) is 19.6. The summed E-state index contributed by atoms with van der Waals surface area (Å²) < 4.78 is 33.2. The number of sulfonamides is 1. The molecule has 0 aromatic heterocycles. The first-order chi connectivity index (χ1) is 14.1. The highest BCUT2D eigenvalue weighted by Gasteiger charge is 2.29. The van der Waals surface area contributed by atoms with Gasteiger partial charge in [-0.3, -0.25) is 9.79 Å². The van der Waals surface area contributed by atoms with Crippen molar-refractivity contribution in [2.24, 2.45) is 4.99 Å². The maximum absolute atomic E-state index is 13.1. The van der Waals surface area contributed by atoms with Crippen LogP contribution in [0.5, 0.6) is 0 Å². The van der Waals surface area contributed by atoms with E-state index in [0.717, 1.165) is 30.7 Å². The van der Waals surface area contributed by atoms with Crippen molar-refractivity contribution >= 4 is 38.5 Å². The van der Waals surface area contributed by atoms with E-state index in [1.54, 1.807) is 12.1 Å². The maximum Gasteiger partial charge on any atom is 0.259 e. The fourth-order valence-corrected chi connectivity index (χ4v) is 6.03. The van der Waals surface area contributed by atoms with Crippen molar-refractivity contribution in [2.45, 2.75) is 24.2 Å². The molecule has 0 saturated carbocycles. The molecule has 1 aromatic carbocycles. The molecule has 1 amide bonds. The number of nitrogens with zero attached hydrogens (tertiary/aromatic N) is 3. The Morgan fingerprint density at radius 1 is 1.10 bits per heavy atom. The molecule has 0 spiro atoms. The molecule has 0 unspecified atom stereocenters. The second kappa shape index (κ2) is 9.03. The number of ether oxygens (including phenoxy) is 1. The first-order valence-electron chi connectivity index (χ1n) is 10.0. The van der Waals surface area contributed by atoms with Crippen molar-refractivity contribution in [2.75, 3.05) is 56.6 Å². The normalized spacial score (nSPS) is 21.1. The summed E-state index contributed by atoms with van der Waals surface area (Å²) >= 11 is 1.50. The Hall–Kier alpha value is -1.62. The summed E-state index contributed by atoms with van der Waals surface area (Å²) in [6, 6.07) is 4.89. The second-order valence-electron chi connectivity index (χ2n) is 7.23. The van der Waals surface area contributed by atoms with Gasteiger partial charge in [-0.1, -0.05) is 18.2 Å². The average molecular weight is 439 g/mol. The van der Waals surface area contributed by atoms with Gasteiger partial charge in [0.05, 0.1) is 30.2 Å². The molecule has 29 heavy (non-hydrogen) atoms. The summed E-state index contributed by atoms with van der Waals surface area (Å²) in [7, 11) is -3.62. The van der Waals surface area contributed by atoms with Crippen LogP contribution in [-0.4, -0.2) is 75.5 Å². The molecule has 158 valence electrons. The summed E-state index contributed by atoms with van der Waals surface area (Å²) in [5.41, 5.74) is 1.09. The minimum atomic E-state index is -3.62. The molecule has 3 heterocycles. The number of aliphatic imine (C=N–C) groups is 1.